The molecule has 0 bridgehead atoms. The van der Waals surface area contributed by atoms with Gasteiger partial charge < -0.3 is 10.2 Å². The maximum Gasteiger partial charge on any atom is 0.240 e. The highest BCUT2D eigenvalue weighted by Gasteiger charge is 2.28. The molecule has 4 nitrogen and oxygen atoms in total. The SMILES string of the molecule is O=C(CN1C(=O)CCc2cc(Br)ccc21)NC1CC1. The molecule has 1 fully saturated rings. The lowest BCUT2D eigenvalue weighted by Gasteiger charge is -2.29. The summed E-state index contributed by atoms with van der Waals surface area (Å²) in [7, 11) is 0. The Hall–Kier alpha value is -1.36. The van der Waals surface area contributed by atoms with Gasteiger partial charge in [-0.25, -0.2) is 0 Å². The topological polar surface area (TPSA) is 49.4 Å². The number of anilines is 1. The van der Waals surface area contributed by atoms with Gasteiger partial charge in [0.1, 0.15) is 6.54 Å². The normalized spacial score (nSPS) is 18.2. The summed E-state index contributed by atoms with van der Waals surface area (Å²) in [6, 6.07) is 6.16. The quantitative estimate of drug-likeness (QED) is 0.925. The van der Waals surface area contributed by atoms with Crippen molar-refractivity contribution in [2.24, 2.45) is 0 Å². The lowest BCUT2D eigenvalue weighted by Crippen LogP contribution is -2.43. The van der Waals surface area contributed by atoms with Crippen molar-refractivity contribution in [2.45, 2.75) is 31.7 Å². The highest BCUT2D eigenvalue weighted by Crippen LogP contribution is 2.30. The molecule has 1 heterocycles. The molecule has 0 spiro atoms. The number of nitrogens with zero attached hydrogens (tertiary/aromatic N) is 1. The van der Waals surface area contributed by atoms with Gasteiger partial charge >= 0.3 is 0 Å². The van der Waals surface area contributed by atoms with Gasteiger partial charge in [0.2, 0.25) is 11.8 Å². The van der Waals surface area contributed by atoms with Gasteiger partial charge in [0.05, 0.1) is 0 Å². The van der Waals surface area contributed by atoms with E-state index >= 15 is 0 Å². The van der Waals surface area contributed by atoms with Crippen molar-refractivity contribution in [2.75, 3.05) is 11.4 Å². The first-order chi connectivity index (χ1) is 9.13. The first kappa shape index (κ1) is 12.7. The van der Waals surface area contributed by atoms with E-state index in [1.165, 1.54) is 0 Å². The highest BCUT2D eigenvalue weighted by atomic mass is 79.9. The monoisotopic (exact) mass is 322 g/mol. The zero-order valence-corrected chi connectivity index (χ0v) is 12.1. The average molecular weight is 323 g/mol. The van der Waals surface area contributed by atoms with Gasteiger partial charge in [-0.2, -0.15) is 0 Å². The lowest BCUT2D eigenvalue weighted by molar-refractivity contribution is -0.124. The van der Waals surface area contributed by atoms with Crippen LogP contribution in [0.4, 0.5) is 5.69 Å². The smallest absolute Gasteiger partial charge is 0.240 e. The van der Waals surface area contributed by atoms with E-state index < -0.39 is 0 Å². The number of carbonyl (C=O) groups excluding carboxylic acids is 2. The molecule has 19 heavy (non-hydrogen) atoms. The molecule has 1 saturated carbocycles. The fourth-order valence-electron chi connectivity index (χ4n) is 2.35. The molecule has 5 heteroatoms. The molecule has 1 N–H and O–H groups in total. The van der Waals surface area contributed by atoms with Gasteiger partial charge in [0, 0.05) is 22.6 Å². The average Bonchev–Trinajstić information content (AvgIpc) is 3.16. The van der Waals surface area contributed by atoms with E-state index in [0.29, 0.717) is 12.5 Å². The third-order valence-corrected chi connectivity index (χ3v) is 3.98. The van der Waals surface area contributed by atoms with Crippen molar-refractivity contribution < 1.29 is 9.59 Å². The van der Waals surface area contributed by atoms with Crippen LogP contribution < -0.4 is 10.2 Å². The number of hydrogen-bond donors (Lipinski definition) is 1. The molecule has 2 amide bonds. The van der Waals surface area contributed by atoms with Crippen LogP contribution in [0.3, 0.4) is 0 Å². The number of amides is 2. The van der Waals surface area contributed by atoms with Gasteiger partial charge in [0.25, 0.3) is 0 Å². The van der Waals surface area contributed by atoms with Gasteiger partial charge in [0.15, 0.2) is 0 Å². The third-order valence-electron chi connectivity index (χ3n) is 3.49. The second-order valence-electron chi connectivity index (χ2n) is 5.09. The number of rotatable bonds is 3. The van der Waals surface area contributed by atoms with Crippen LogP contribution in [0.15, 0.2) is 22.7 Å². The van der Waals surface area contributed by atoms with Crippen molar-refractivity contribution in [3.63, 3.8) is 0 Å². The summed E-state index contributed by atoms with van der Waals surface area (Å²) < 4.78 is 1.00. The van der Waals surface area contributed by atoms with E-state index in [9.17, 15) is 9.59 Å². The Labute approximate surface area is 120 Å². The predicted molar refractivity (Wildman–Crippen MR) is 76.0 cm³/mol. The first-order valence-corrected chi connectivity index (χ1v) is 7.31. The number of carbonyl (C=O) groups is 2. The second kappa shape index (κ2) is 4.96. The molecule has 1 aromatic carbocycles. The number of nitrogens with one attached hydrogen (secondary N) is 1. The molecule has 1 aliphatic heterocycles. The van der Waals surface area contributed by atoms with Crippen molar-refractivity contribution in [3.05, 3.63) is 28.2 Å². The predicted octanol–water partition coefficient (Wildman–Crippen LogP) is 2.01. The summed E-state index contributed by atoms with van der Waals surface area (Å²) in [6.45, 7) is 0.129. The number of halogens is 1. The minimum absolute atomic E-state index is 0.0285. The molecule has 0 radical (unpaired) electrons. The van der Waals surface area contributed by atoms with Gasteiger partial charge in [-0.3, -0.25) is 9.59 Å². The largest absolute Gasteiger partial charge is 0.352 e. The molecule has 1 aliphatic carbocycles. The van der Waals surface area contributed by atoms with E-state index in [1.54, 1.807) is 4.90 Å². The molecule has 1 aromatic rings. The van der Waals surface area contributed by atoms with Gasteiger partial charge in [-0.15, -0.1) is 0 Å². The van der Waals surface area contributed by atoms with Crippen LogP contribution in [-0.4, -0.2) is 24.4 Å². The molecule has 0 atom stereocenters. The Morgan fingerprint density at radius 2 is 2.16 bits per heavy atom. The molecule has 0 unspecified atom stereocenters. The zero-order valence-electron chi connectivity index (χ0n) is 10.5. The van der Waals surface area contributed by atoms with Crippen LogP contribution in [-0.2, 0) is 16.0 Å². The summed E-state index contributed by atoms with van der Waals surface area (Å²) in [4.78, 5) is 25.5. The fraction of sp³-hybridized carbons (Fsp3) is 0.429. The number of benzene rings is 1. The standard InChI is InChI=1S/C14H15BrN2O2/c15-10-2-5-12-9(7-10)1-6-14(19)17(12)8-13(18)16-11-3-4-11/h2,5,7,11H,1,3-4,6,8H2,(H,16,18). The minimum atomic E-state index is -0.0633. The zero-order chi connectivity index (χ0) is 13.4. The van der Waals surface area contributed by atoms with Crippen molar-refractivity contribution >= 4 is 33.4 Å². The third kappa shape index (κ3) is 2.81. The molecule has 3 rings (SSSR count). The lowest BCUT2D eigenvalue weighted by atomic mass is 10.0. The molecular weight excluding hydrogens is 308 g/mol. The van der Waals surface area contributed by atoms with Crippen molar-refractivity contribution in [3.8, 4) is 0 Å². The van der Waals surface area contributed by atoms with Crippen LogP contribution in [0.5, 0.6) is 0 Å². The Morgan fingerprint density at radius 1 is 1.37 bits per heavy atom. The number of hydrogen-bond acceptors (Lipinski definition) is 2. The van der Waals surface area contributed by atoms with Gasteiger partial charge in [-0.1, -0.05) is 15.9 Å². The molecular formula is C14H15BrN2O2. The summed E-state index contributed by atoms with van der Waals surface area (Å²) in [5.41, 5.74) is 1.98. The number of aryl methyl sites for hydroxylation is 1. The van der Waals surface area contributed by atoms with E-state index in [-0.39, 0.29) is 18.4 Å². The van der Waals surface area contributed by atoms with E-state index in [2.05, 4.69) is 21.2 Å². The fourth-order valence-corrected chi connectivity index (χ4v) is 2.75. The van der Waals surface area contributed by atoms with Crippen molar-refractivity contribution in [1.82, 2.24) is 5.32 Å². The van der Waals surface area contributed by atoms with E-state index in [0.717, 1.165) is 35.0 Å². The Morgan fingerprint density at radius 3 is 2.89 bits per heavy atom. The van der Waals surface area contributed by atoms with Crippen LogP contribution >= 0.6 is 15.9 Å². The van der Waals surface area contributed by atoms with Crippen LogP contribution in [0.25, 0.3) is 0 Å². The molecule has 0 saturated heterocycles. The highest BCUT2D eigenvalue weighted by molar-refractivity contribution is 9.10. The summed E-state index contributed by atoms with van der Waals surface area (Å²) in [5, 5.41) is 2.92. The summed E-state index contributed by atoms with van der Waals surface area (Å²) in [6.07, 6.45) is 3.33. The Balaban J connectivity index is 1.79. The maximum absolute atomic E-state index is 12.0. The molecule has 0 aromatic heterocycles. The van der Waals surface area contributed by atoms with E-state index in [1.807, 2.05) is 18.2 Å². The molecule has 100 valence electrons. The molecule has 2 aliphatic rings. The van der Waals surface area contributed by atoms with Crippen molar-refractivity contribution in [1.29, 1.82) is 0 Å². The minimum Gasteiger partial charge on any atom is -0.352 e. The Kier molecular flexibility index (Phi) is 3.31. The Bertz CT molecular complexity index is 540. The van der Waals surface area contributed by atoms with E-state index in [4.69, 9.17) is 0 Å². The summed E-state index contributed by atoms with van der Waals surface area (Å²) >= 11 is 3.43. The van der Waals surface area contributed by atoms with Crippen LogP contribution in [0, 0.1) is 0 Å². The summed E-state index contributed by atoms with van der Waals surface area (Å²) in [5.74, 6) is -0.0348. The maximum atomic E-state index is 12.0. The first-order valence-electron chi connectivity index (χ1n) is 6.51. The van der Waals surface area contributed by atoms with Gasteiger partial charge in [-0.05, 0) is 43.0 Å². The van der Waals surface area contributed by atoms with Crippen LogP contribution in [0.2, 0.25) is 0 Å². The number of fused-ring (bicyclic) bond motifs is 1. The van der Waals surface area contributed by atoms with Crippen LogP contribution in [0.1, 0.15) is 24.8 Å². The second-order valence-corrected chi connectivity index (χ2v) is 6.01.